The van der Waals surface area contributed by atoms with Crippen LogP contribution >= 0.6 is 11.8 Å². The van der Waals surface area contributed by atoms with Crippen molar-refractivity contribution in [3.63, 3.8) is 0 Å². The molecule has 1 unspecified atom stereocenters. The van der Waals surface area contributed by atoms with Crippen LogP contribution in [0.25, 0.3) is 0 Å². The molecule has 0 saturated heterocycles. The predicted octanol–water partition coefficient (Wildman–Crippen LogP) is 4.03. The van der Waals surface area contributed by atoms with Gasteiger partial charge in [-0.05, 0) is 26.0 Å². The first kappa shape index (κ1) is 18.1. The van der Waals surface area contributed by atoms with Gasteiger partial charge in [0.2, 0.25) is 5.91 Å². The molecule has 0 saturated carbocycles. The lowest BCUT2D eigenvalue weighted by atomic mass is 10.1. The molecule has 126 valence electrons. The molecule has 2 rings (SSSR count). The molecule has 24 heavy (non-hydrogen) atoms. The van der Waals surface area contributed by atoms with Gasteiger partial charge in [0.05, 0.1) is 23.3 Å². The van der Waals surface area contributed by atoms with Crippen LogP contribution in [0.15, 0.2) is 54.6 Å². The lowest BCUT2D eigenvalue weighted by molar-refractivity contribution is -0.113. The Morgan fingerprint density at radius 3 is 2.46 bits per heavy atom. The van der Waals surface area contributed by atoms with Crippen molar-refractivity contribution >= 4 is 29.1 Å². The zero-order valence-electron chi connectivity index (χ0n) is 13.8. The first-order valence-corrected chi connectivity index (χ1v) is 8.89. The van der Waals surface area contributed by atoms with Gasteiger partial charge < -0.3 is 10.1 Å². The second kappa shape index (κ2) is 9.13. The van der Waals surface area contributed by atoms with E-state index in [2.05, 4.69) is 5.32 Å². The first-order chi connectivity index (χ1) is 11.6. The number of amides is 1. The maximum Gasteiger partial charge on any atom is 0.234 e. The van der Waals surface area contributed by atoms with Gasteiger partial charge in [0.15, 0.2) is 5.78 Å². The molecule has 0 spiro atoms. The van der Waals surface area contributed by atoms with Crippen LogP contribution in [-0.4, -0.2) is 29.3 Å². The highest BCUT2D eigenvalue weighted by Crippen LogP contribution is 2.24. The van der Waals surface area contributed by atoms with E-state index in [0.29, 0.717) is 23.6 Å². The minimum atomic E-state index is -0.278. The highest BCUT2D eigenvalue weighted by molar-refractivity contribution is 8.01. The first-order valence-electron chi connectivity index (χ1n) is 7.84. The molecule has 0 aliphatic rings. The molecule has 0 aliphatic carbocycles. The fourth-order valence-corrected chi connectivity index (χ4v) is 2.91. The van der Waals surface area contributed by atoms with E-state index in [-0.39, 0.29) is 22.7 Å². The van der Waals surface area contributed by atoms with Gasteiger partial charge >= 0.3 is 0 Å². The summed E-state index contributed by atoms with van der Waals surface area (Å²) >= 11 is 1.32. The number of carbonyl (C=O) groups is 2. The molecule has 1 atom stereocenters. The normalized spacial score (nSPS) is 11.6. The molecule has 5 heteroatoms. The Morgan fingerprint density at radius 2 is 1.75 bits per heavy atom. The van der Waals surface area contributed by atoms with Crippen molar-refractivity contribution in [3.05, 3.63) is 60.2 Å². The Kier molecular flexibility index (Phi) is 6.88. The van der Waals surface area contributed by atoms with E-state index >= 15 is 0 Å². The van der Waals surface area contributed by atoms with Gasteiger partial charge in [-0.15, -0.1) is 11.8 Å². The van der Waals surface area contributed by atoms with E-state index < -0.39 is 0 Å². The fourth-order valence-electron chi connectivity index (χ4n) is 2.15. The van der Waals surface area contributed by atoms with Crippen molar-refractivity contribution < 1.29 is 14.3 Å². The minimum absolute atomic E-state index is 0.0307. The second-order valence-electron chi connectivity index (χ2n) is 5.16. The van der Waals surface area contributed by atoms with Gasteiger partial charge in [-0.1, -0.05) is 42.5 Å². The molecule has 0 aliphatic heterocycles. The van der Waals surface area contributed by atoms with E-state index in [4.69, 9.17) is 4.74 Å². The topological polar surface area (TPSA) is 55.4 Å². The Hall–Kier alpha value is -2.27. The lowest BCUT2D eigenvalue weighted by Gasteiger charge is -2.13. The summed E-state index contributed by atoms with van der Waals surface area (Å²) in [5, 5.41) is 2.56. The quantitative estimate of drug-likeness (QED) is 0.735. The smallest absolute Gasteiger partial charge is 0.234 e. The average molecular weight is 343 g/mol. The Labute approximate surface area is 146 Å². The Morgan fingerprint density at radius 1 is 1.08 bits per heavy atom. The lowest BCUT2D eigenvalue weighted by Crippen LogP contribution is -2.20. The number of nitrogens with one attached hydrogen (secondary N) is 1. The SMILES string of the molecule is CCOc1ccccc1NC(=O)CSC(C)C(=O)c1ccccc1. The summed E-state index contributed by atoms with van der Waals surface area (Å²) in [4.78, 5) is 24.4. The minimum Gasteiger partial charge on any atom is -0.492 e. The number of carbonyl (C=O) groups excluding carboxylic acids is 2. The van der Waals surface area contributed by atoms with Crippen molar-refractivity contribution in [1.82, 2.24) is 0 Å². The molecular formula is C19H21NO3S. The monoisotopic (exact) mass is 343 g/mol. The molecule has 0 fully saturated rings. The summed E-state index contributed by atoms with van der Waals surface area (Å²) in [5.74, 6) is 0.731. The summed E-state index contributed by atoms with van der Waals surface area (Å²) in [6.45, 7) is 4.25. The van der Waals surface area contributed by atoms with E-state index in [0.717, 1.165) is 0 Å². The zero-order chi connectivity index (χ0) is 17.4. The van der Waals surface area contributed by atoms with Crippen LogP contribution in [0.1, 0.15) is 24.2 Å². The fraction of sp³-hybridized carbons (Fsp3) is 0.263. The van der Waals surface area contributed by atoms with E-state index in [9.17, 15) is 9.59 Å². The summed E-state index contributed by atoms with van der Waals surface area (Å²) in [7, 11) is 0. The summed E-state index contributed by atoms with van der Waals surface area (Å²) in [5.41, 5.74) is 1.31. The molecule has 1 N–H and O–H groups in total. The van der Waals surface area contributed by atoms with Gasteiger partial charge in [-0.25, -0.2) is 0 Å². The standard InChI is InChI=1S/C19H21NO3S/c1-3-23-17-12-8-7-11-16(17)20-18(21)13-24-14(2)19(22)15-9-5-4-6-10-15/h4-12,14H,3,13H2,1-2H3,(H,20,21). The number of para-hydroxylation sites is 2. The van der Waals surface area contributed by atoms with Gasteiger partial charge in [0, 0.05) is 5.56 Å². The van der Waals surface area contributed by atoms with Crippen molar-refractivity contribution in [2.45, 2.75) is 19.1 Å². The highest BCUT2D eigenvalue weighted by atomic mass is 32.2. The van der Waals surface area contributed by atoms with Crippen LogP contribution in [0.4, 0.5) is 5.69 Å². The summed E-state index contributed by atoms with van der Waals surface area (Å²) in [6.07, 6.45) is 0. The number of ether oxygens (including phenoxy) is 1. The second-order valence-corrected chi connectivity index (χ2v) is 6.49. The molecular weight excluding hydrogens is 322 g/mol. The van der Waals surface area contributed by atoms with Crippen molar-refractivity contribution in [1.29, 1.82) is 0 Å². The summed E-state index contributed by atoms with van der Waals surface area (Å²) < 4.78 is 5.48. The van der Waals surface area contributed by atoms with Gasteiger partial charge in [0.1, 0.15) is 5.75 Å². The molecule has 4 nitrogen and oxygen atoms in total. The number of rotatable bonds is 8. The van der Waals surface area contributed by atoms with Crippen molar-refractivity contribution in [3.8, 4) is 5.75 Å². The van der Waals surface area contributed by atoms with Crippen LogP contribution in [-0.2, 0) is 4.79 Å². The van der Waals surface area contributed by atoms with Gasteiger partial charge in [0.25, 0.3) is 0 Å². The van der Waals surface area contributed by atoms with E-state index in [1.165, 1.54) is 11.8 Å². The van der Waals surface area contributed by atoms with Crippen LogP contribution in [0, 0.1) is 0 Å². The van der Waals surface area contributed by atoms with E-state index in [1.807, 2.05) is 50.2 Å². The third-order valence-electron chi connectivity index (χ3n) is 3.35. The van der Waals surface area contributed by atoms with Crippen LogP contribution < -0.4 is 10.1 Å². The Balaban J connectivity index is 1.88. The number of hydrogen-bond acceptors (Lipinski definition) is 4. The molecule has 0 aromatic heterocycles. The maximum absolute atomic E-state index is 12.3. The van der Waals surface area contributed by atoms with Crippen LogP contribution in [0.2, 0.25) is 0 Å². The summed E-state index contributed by atoms with van der Waals surface area (Å²) in [6, 6.07) is 16.4. The largest absolute Gasteiger partial charge is 0.492 e. The number of benzene rings is 2. The number of thioether (sulfide) groups is 1. The molecule has 0 bridgehead atoms. The van der Waals surface area contributed by atoms with Gasteiger partial charge in [-0.2, -0.15) is 0 Å². The third-order valence-corrected chi connectivity index (χ3v) is 4.50. The van der Waals surface area contributed by atoms with E-state index in [1.54, 1.807) is 18.2 Å². The van der Waals surface area contributed by atoms with Crippen molar-refractivity contribution in [2.24, 2.45) is 0 Å². The number of hydrogen-bond donors (Lipinski definition) is 1. The zero-order valence-corrected chi connectivity index (χ0v) is 14.6. The molecule has 1 amide bonds. The highest BCUT2D eigenvalue weighted by Gasteiger charge is 2.17. The maximum atomic E-state index is 12.3. The number of Topliss-reactive ketones (excluding diaryl/α,β-unsaturated/α-hetero) is 1. The molecule has 0 heterocycles. The van der Waals surface area contributed by atoms with Gasteiger partial charge in [-0.3, -0.25) is 9.59 Å². The molecule has 2 aromatic rings. The molecule has 0 radical (unpaired) electrons. The Bertz CT molecular complexity index is 688. The van der Waals surface area contributed by atoms with Crippen molar-refractivity contribution in [2.75, 3.05) is 17.7 Å². The average Bonchev–Trinajstić information content (AvgIpc) is 2.61. The van der Waals surface area contributed by atoms with Crippen LogP contribution in [0.5, 0.6) is 5.75 Å². The molecule has 2 aromatic carbocycles. The van der Waals surface area contributed by atoms with Crippen LogP contribution in [0.3, 0.4) is 0 Å². The predicted molar refractivity (Wildman–Crippen MR) is 98.9 cm³/mol. The third kappa shape index (κ3) is 5.13. The number of anilines is 1. The number of ketones is 1.